The summed E-state index contributed by atoms with van der Waals surface area (Å²) in [5, 5.41) is 3.86. The molecule has 0 unspecified atom stereocenters. The number of thioether (sulfide) groups is 1. The molecule has 0 bridgehead atoms. The summed E-state index contributed by atoms with van der Waals surface area (Å²) >= 11 is 1.45. The largest absolute Gasteiger partial charge is 0.467 e. The Morgan fingerprint density at radius 1 is 1.28 bits per heavy atom. The summed E-state index contributed by atoms with van der Waals surface area (Å²) in [6, 6.07) is 11.7. The second-order valence-electron chi connectivity index (χ2n) is 6.46. The first kappa shape index (κ1) is 19.5. The Kier molecular flexibility index (Phi) is 5.82. The highest BCUT2D eigenvalue weighted by atomic mass is 32.2. The number of fused-ring (bicyclic) bond motifs is 1. The second kappa shape index (κ2) is 8.67. The van der Waals surface area contributed by atoms with E-state index in [9.17, 15) is 9.18 Å². The topological polar surface area (TPSA) is 70.8 Å². The average Bonchev–Trinajstić information content (AvgIpc) is 3.15. The molecule has 0 spiro atoms. The second-order valence-corrected chi connectivity index (χ2v) is 7.48. The summed E-state index contributed by atoms with van der Waals surface area (Å²) in [6.07, 6.45) is 0. The molecule has 2 heterocycles. The number of esters is 1. The van der Waals surface area contributed by atoms with Gasteiger partial charge in [-0.1, -0.05) is 17.3 Å². The Labute approximate surface area is 170 Å². The molecule has 2 aromatic carbocycles. The van der Waals surface area contributed by atoms with Crippen molar-refractivity contribution in [2.24, 2.45) is 0 Å². The maximum Gasteiger partial charge on any atom is 0.339 e. The van der Waals surface area contributed by atoms with Crippen LogP contribution in [0.2, 0.25) is 0 Å². The monoisotopic (exact) mass is 415 g/mol. The van der Waals surface area contributed by atoms with Gasteiger partial charge < -0.3 is 18.7 Å². The molecule has 0 fully saturated rings. The van der Waals surface area contributed by atoms with E-state index >= 15 is 0 Å². The molecule has 4 rings (SSSR count). The molecule has 3 aromatic rings. The molecule has 0 amide bonds. The number of nitrogens with zero attached hydrogens (tertiary/aromatic N) is 1. The number of carbonyl (C=O) groups excluding carboxylic acids is 1. The number of rotatable bonds is 6. The number of aryl methyl sites for hydroxylation is 1. The molecule has 0 saturated heterocycles. The Balaban J connectivity index is 1.46. The van der Waals surface area contributed by atoms with E-state index in [4.69, 9.17) is 18.7 Å². The van der Waals surface area contributed by atoms with Gasteiger partial charge >= 0.3 is 5.97 Å². The molecule has 150 valence electrons. The minimum Gasteiger partial charge on any atom is -0.467 e. The quantitative estimate of drug-likeness (QED) is 0.429. The summed E-state index contributed by atoms with van der Waals surface area (Å²) in [7, 11) is 0. The molecule has 0 saturated carbocycles. The number of hydrogen-bond acceptors (Lipinski definition) is 7. The van der Waals surface area contributed by atoms with Crippen molar-refractivity contribution in [2.75, 3.05) is 6.79 Å². The van der Waals surface area contributed by atoms with Crippen molar-refractivity contribution in [3.8, 4) is 5.75 Å². The molecular formula is C21H18FNO5S. The van der Waals surface area contributed by atoms with E-state index in [0.717, 1.165) is 16.3 Å². The van der Waals surface area contributed by atoms with Crippen LogP contribution in [0.25, 0.3) is 0 Å². The van der Waals surface area contributed by atoms with Gasteiger partial charge in [0.15, 0.2) is 6.79 Å². The molecule has 1 aliphatic heterocycles. The predicted molar refractivity (Wildman–Crippen MR) is 103 cm³/mol. The smallest absolute Gasteiger partial charge is 0.339 e. The van der Waals surface area contributed by atoms with Crippen LogP contribution < -0.4 is 4.74 Å². The van der Waals surface area contributed by atoms with Gasteiger partial charge in [0.25, 0.3) is 0 Å². The third-order valence-electron chi connectivity index (χ3n) is 4.26. The van der Waals surface area contributed by atoms with E-state index in [-0.39, 0.29) is 20.0 Å². The van der Waals surface area contributed by atoms with E-state index in [1.807, 2.05) is 25.1 Å². The lowest BCUT2D eigenvalue weighted by molar-refractivity contribution is -0.0183. The van der Waals surface area contributed by atoms with Crippen molar-refractivity contribution in [2.45, 2.75) is 30.8 Å². The zero-order valence-corrected chi connectivity index (χ0v) is 16.5. The number of hydrogen-bond donors (Lipinski definition) is 0. The van der Waals surface area contributed by atoms with Gasteiger partial charge in [-0.2, -0.15) is 0 Å². The first-order valence-electron chi connectivity index (χ1n) is 8.93. The van der Waals surface area contributed by atoms with Gasteiger partial charge in [0.2, 0.25) is 0 Å². The minimum atomic E-state index is -0.494. The van der Waals surface area contributed by atoms with Crippen LogP contribution in [-0.2, 0) is 28.4 Å². The van der Waals surface area contributed by atoms with E-state index < -0.39 is 11.8 Å². The lowest BCUT2D eigenvalue weighted by atomic mass is 10.1. The lowest BCUT2D eigenvalue weighted by Gasteiger charge is -2.20. The summed E-state index contributed by atoms with van der Waals surface area (Å²) in [5.74, 6) is 0.848. The highest BCUT2D eigenvalue weighted by Gasteiger charge is 2.19. The van der Waals surface area contributed by atoms with Crippen molar-refractivity contribution in [1.82, 2.24) is 5.16 Å². The molecule has 6 nitrogen and oxygen atoms in total. The van der Waals surface area contributed by atoms with Crippen molar-refractivity contribution in [3.63, 3.8) is 0 Å². The molecule has 0 atom stereocenters. The Morgan fingerprint density at radius 2 is 2.14 bits per heavy atom. The Hall–Kier alpha value is -2.84. The van der Waals surface area contributed by atoms with Crippen molar-refractivity contribution >= 4 is 17.7 Å². The fraction of sp³-hybridized carbons (Fsp3) is 0.238. The van der Waals surface area contributed by atoms with E-state index in [1.165, 1.54) is 23.9 Å². The lowest BCUT2D eigenvalue weighted by Crippen LogP contribution is -2.15. The molecule has 29 heavy (non-hydrogen) atoms. The highest BCUT2D eigenvalue weighted by Crippen LogP contribution is 2.31. The maximum atomic E-state index is 13.9. The van der Waals surface area contributed by atoms with Crippen LogP contribution in [-0.4, -0.2) is 17.9 Å². The predicted octanol–water partition coefficient (Wildman–Crippen LogP) is 4.64. The fourth-order valence-corrected chi connectivity index (χ4v) is 3.89. The minimum absolute atomic E-state index is 0.0835. The van der Waals surface area contributed by atoms with E-state index in [1.54, 1.807) is 12.1 Å². The first-order chi connectivity index (χ1) is 14.1. The van der Waals surface area contributed by atoms with Gasteiger partial charge in [-0.05, 0) is 31.2 Å². The molecule has 0 radical (unpaired) electrons. The highest BCUT2D eigenvalue weighted by molar-refractivity contribution is 7.98. The summed E-state index contributed by atoms with van der Waals surface area (Å²) in [6.45, 7) is 2.10. The van der Waals surface area contributed by atoms with Crippen LogP contribution in [0.15, 0.2) is 51.9 Å². The number of ether oxygens (including phenoxy) is 3. The average molecular weight is 415 g/mol. The summed E-state index contributed by atoms with van der Waals surface area (Å²) in [4.78, 5) is 13.4. The van der Waals surface area contributed by atoms with Crippen LogP contribution in [0.1, 0.15) is 32.9 Å². The molecule has 1 aromatic heterocycles. The van der Waals surface area contributed by atoms with Crippen LogP contribution in [0.5, 0.6) is 5.75 Å². The first-order valence-corrected chi connectivity index (χ1v) is 9.91. The number of aromatic nitrogens is 1. The van der Waals surface area contributed by atoms with E-state index in [0.29, 0.717) is 28.2 Å². The van der Waals surface area contributed by atoms with E-state index in [2.05, 4.69) is 5.16 Å². The standard InChI is InChI=1S/C21H18FNO5S/c1-13-6-17(28-23-13)11-29-19-5-3-2-4-18(19)21(24)26-10-15-8-16(22)7-14-9-25-12-27-20(14)15/h2-8H,9-12H2,1H3. The zero-order valence-electron chi connectivity index (χ0n) is 15.6. The zero-order chi connectivity index (χ0) is 20.2. The third kappa shape index (κ3) is 4.60. The molecular weight excluding hydrogens is 397 g/mol. The fourth-order valence-electron chi connectivity index (χ4n) is 2.98. The summed E-state index contributed by atoms with van der Waals surface area (Å²) in [5.41, 5.74) is 2.31. The van der Waals surface area contributed by atoms with Crippen molar-refractivity contribution < 1.29 is 27.9 Å². The van der Waals surface area contributed by atoms with Crippen LogP contribution >= 0.6 is 11.8 Å². The van der Waals surface area contributed by atoms with Crippen LogP contribution in [0.3, 0.4) is 0 Å². The van der Waals surface area contributed by atoms with Crippen LogP contribution in [0, 0.1) is 12.7 Å². The van der Waals surface area contributed by atoms with Gasteiger partial charge in [0, 0.05) is 22.1 Å². The molecule has 8 heteroatoms. The Morgan fingerprint density at radius 3 is 2.97 bits per heavy atom. The molecule has 0 N–H and O–H groups in total. The third-order valence-corrected chi connectivity index (χ3v) is 5.36. The molecule has 1 aliphatic rings. The van der Waals surface area contributed by atoms with Crippen molar-refractivity contribution in [1.29, 1.82) is 0 Å². The van der Waals surface area contributed by atoms with Crippen LogP contribution in [0.4, 0.5) is 4.39 Å². The normalized spacial score (nSPS) is 12.9. The van der Waals surface area contributed by atoms with Gasteiger partial charge in [-0.25, -0.2) is 9.18 Å². The molecule has 0 aliphatic carbocycles. The number of carbonyl (C=O) groups is 1. The van der Waals surface area contributed by atoms with Gasteiger partial charge in [0.05, 0.1) is 23.6 Å². The van der Waals surface area contributed by atoms with Gasteiger partial charge in [0.1, 0.15) is 23.9 Å². The summed E-state index contributed by atoms with van der Waals surface area (Å²) < 4.78 is 35.2. The van der Waals surface area contributed by atoms with Gasteiger partial charge in [-0.3, -0.25) is 0 Å². The number of halogens is 1. The van der Waals surface area contributed by atoms with Crippen molar-refractivity contribution in [3.05, 3.63) is 76.4 Å². The van der Waals surface area contributed by atoms with Gasteiger partial charge in [-0.15, -0.1) is 11.8 Å². The number of benzene rings is 2. The Bertz CT molecular complexity index is 1040. The maximum absolute atomic E-state index is 13.9. The SMILES string of the molecule is Cc1cc(CSc2ccccc2C(=O)OCc2cc(F)cc3c2OCOC3)on1.